The Kier molecular flexibility index (Phi) is 11.1. The molecule has 354 valence electrons. The van der Waals surface area contributed by atoms with Crippen LogP contribution in [0.1, 0.15) is 63.0 Å². The van der Waals surface area contributed by atoms with Crippen LogP contribution in [0.25, 0.3) is 21.8 Å². The molecule has 1 aliphatic carbocycles. The molecule has 2 aromatic heterocycles. The summed E-state index contributed by atoms with van der Waals surface area (Å²) in [5, 5.41) is 29.1. The molecule has 6 fully saturated rings. The van der Waals surface area contributed by atoms with Crippen LogP contribution in [0.2, 0.25) is 0 Å². The van der Waals surface area contributed by atoms with Gasteiger partial charge in [0.1, 0.15) is 23.2 Å². The van der Waals surface area contributed by atoms with Crippen molar-refractivity contribution >= 4 is 69.0 Å². The maximum atomic E-state index is 15.7. The molecule has 3 aromatic carbocycles. The topological polar surface area (TPSA) is 203 Å². The minimum Gasteiger partial charge on any atom is -0.453 e. The van der Waals surface area contributed by atoms with Crippen molar-refractivity contribution in [1.82, 2.24) is 33.9 Å². The van der Waals surface area contributed by atoms with Gasteiger partial charge < -0.3 is 29.1 Å². The second-order valence-corrected chi connectivity index (χ2v) is 20.0. The van der Waals surface area contributed by atoms with E-state index < -0.39 is 28.9 Å². The lowest BCUT2D eigenvalue weighted by molar-refractivity contribution is -0.142. The van der Waals surface area contributed by atoms with Crippen LogP contribution in [0.3, 0.4) is 0 Å². The van der Waals surface area contributed by atoms with Gasteiger partial charge in [-0.05, 0) is 92.8 Å². The molecular weight excluding hydrogens is 901 g/mol. The maximum absolute atomic E-state index is 15.7. The first kappa shape index (κ1) is 44.2. The molecule has 18 nitrogen and oxygen atoms in total. The molecule has 1 saturated carbocycles. The summed E-state index contributed by atoms with van der Waals surface area (Å²) in [7, 11) is 1.70. The number of hydrogen-bond donors (Lipinski definition) is 3. The summed E-state index contributed by atoms with van der Waals surface area (Å²) in [5.74, 6) is -0.101. The van der Waals surface area contributed by atoms with Gasteiger partial charge in [-0.3, -0.25) is 33.8 Å². The van der Waals surface area contributed by atoms with Crippen molar-refractivity contribution in [2.75, 3.05) is 66.9 Å². The second-order valence-electron chi connectivity index (χ2n) is 19.1. The fraction of sp³-hybridized carbons (Fsp3) is 0.468. The van der Waals surface area contributed by atoms with E-state index in [0.29, 0.717) is 73.2 Å². The van der Waals surface area contributed by atoms with Gasteiger partial charge in [0.15, 0.2) is 17.4 Å². The molecule has 3 N–H and O–H groups in total. The summed E-state index contributed by atoms with van der Waals surface area (Å²) in [6.45, 7) is 3.81. The second kappa shape index (κ2) is 17.0. The Morgan fingerprint density at radius 1 is 1.01 bits per heavy atom. The minimum absolute atomic E-state index is 0.0161. The number of aromatic nitrogens is 4. The number of nitrogens with zero attached hydrogens (tertiary/aromatic N) is 9. The molecule has 11 rings (SSSR count). The standard InChI is InChI=1S/C47H49F2N11O7S/c1-55-38-19-39(35(49)18-32(38)43(53-55)59-11-6-40(61)52-45(59)64)56-12-7-46(65,8-13-56)21-41(62)57-14-9-47(10-15-57)20-29(25-66-47)60-26-51-36-4-2-30(17-31(36)44(60)63)67-42-33(22-50)37(5-3-34(42)48)54-68-58-23-27-16-28(27)24-58/h2-5,17-19,26-29,54,65H,6-16,20-21,23-25H2,1H3,(H,52,61,64). The van der Waals surface area contributed by atoms with Crippen molar-refractivity contribution in [3.05, 3.63) is 76.3 Å². The number of rotatable bonds is 10. The number of imide groups is 1. The van der Waals surface area contributed by atoms with E-state index in [2.05, 4.69) is 30.5 Å². The van der Waals surface area contributed by atoms with Crippen LogP contribution in [-0.4, -0.2) is 115 Å². The van der Waals surface area contributed by atoms with Gasteiger partial charge in [-0.25, -0.2) is 22.9 Å². The zero-order valence-corrected chi connectivity index (χ0v) is 38.1. The van der Waals surface area contributed by atoms with Gasteiger partial charge in [-0.15, -0.1) is 0 Å². The molecule has 4 amide bonds. The van der Waals surface area contributed by atoms with Crippen molar-refractivity contribution in [3.63, 3.8) is 0 Å². The molecular formula is C47H49F2N11O7S. The minimum atomic E-state index is -1.27. The third-order valence-electron chi connectivity index (χ3n) is 14.8. The zero-order valence-electron chi connectivity index (χ0n) is 37.3. The van der Waals surface area contributed by atoms with Crippen molar-refractivity contribution in [3.8, 4) is 17.6 Å². The highest BCUT2D eigenvalue weighted by molar-refractivity contribution is 7.98. The Morgan fingerprint density at radius 3 is 2.54 bits per heavy atom. The number of hydrogen-bond acceptors (Lipinski definition) is 14. The number of piperidine rings is 3. The molecule has 6 aliphatic rings. The molecule has 3 unspecified atom stereocenters. The number of carbonyl (C=O) groups is 3. The van der Waals surface area contributed by atoms with E-state index in [9.17, 15) is 29.5 Å². The first-order valence-electron chi connectivity index (χ1n) is 23.0. The van der Waals surface area contributed by atoms with E-state index in [1.165, 1.54) is 54.0 Å². The Morgan fingerprint density at radius 2 is 1.79 bits per heavy atom. The summed E-state index contributed by atoms with van der Waals surface area (Å²) >= 11 is 1.40. The number of aryl methyl sites for hydroxylation is 1. The Hall–Kier alpha value is -6.34. The quantitative estimate of drug-likeness (QED) is 0.151. The van der Waals surface area contributed by atoms with Crippen LogP contribution >= 0.6 is 12.1 Å². The zero-order chi connectivity index (χ0) is 47.1. The average molecular weight is 950 g/mol. The van der Waals surface area contributed by atoms with Crippen LogP contribution in [0, 0.1) is 34.8 Å². The Balaban J connectivity index is 0.699. The Labute approximate surface area is 393 Å². The summed E-state index contributed by atoms with van der Waals surface area (Å²) in [5.41, 5.74) is -0.334. The monoisotopic (exact) mass is 949 g/mol. The fourth-order valence-corrected chi connectivity index (χ4v) is 11.6. The summed E-state index contributed by atoms with van der Waals surface area (Å²) in [6.07, 6.45) is 4.94. The molecule has 7 heterocycles. The van der Waals surface area contributed by atoms with E-state index in [1.54, 1.807) is 39.4 Å². The number of benzene rings is 3. The van der Waals surface area contributed by atoms with Gasteiger partial charge in [0.05, 0.1) is 64.4 Å². The van der Waals surface area contributed by atoms with Gasteiger partial charge in [0, 0.05) is 76.8 Å². The molecule has 3 atom stereocenters. The Bertz CT molecular complexity index is 2990. The highest BCUT2D eigenvalue weighted by atomic mass is 32.2. The van der Waals surface area contributed by atoms with Gasteiger partial charge in [0.2, 0.25) is 11.8 Å². The molecule has 5 aliphatic heterocycles. The number of ether oxygens (including phenoxy) is 2. The van der Waals surface area contributed by atoms with E-state index in [4.69, 9.17) is 9.47 Å². The van der Waals surface area contributed by atoms with E-state index in [1.807, 2.05) is 4.90 Å². The fourth-order valence-electron chi connectivity index (χ4n) is 10.7. The number of anilines is 3. The lowest BCUT2D eigenvalue weighted by atomic mass is 9.85. The number of aliphatic hydroxyl groups is 1. The number of urea groups is 1. The third-order valence-corrected chi connectivity index (χ3v) is 15.6. The third kappa shape index (κ3) is 8.16. The number of nitriles is 1. The number of halogens is 2. The maximum Gasteiger partial charge on any atom is 0.329 e. The van der Waals surface area contributed by atoms with Crippen molar-refractivity contribution in [2.45, 2.75) is 68.6 Å². The molecule has 1 spiro atoms. The number of carbonyl (C=O) groups excluding carboxylic acids is 3. The largest absolute Gasteiger partial charge is 0.453 e. The SMILES string of the molecule is Cn1nc(N2CCC(=O)NC2=O)c2cc(F)c(N3CCC(O)(CC(=O)N4CCC5(CC4)CC(n4cnc6ccc(Oc7c(F)ccc(NSN8CC9CC9C8)c7C#N)cc6c4=O)CO5)CC3)cc21. The first-order chi connectivity index (χ1) is 32.8. The summed E-state index contributed by atoms with van der Waals surface area (Å²) in [6, 6.07) is 11.7. The summed E-state index contributed by atoms with van der Waals surface area (Å²) < 4.78 is 51.9. The van der Waals surface area contributed by atoms with Gasteiger partial charge in [0.25, 0.3) is 5.56 Å². The molecule has 21 heteroatoms. The lowest BCUT2D eigenvalue weighted by Gasteiger charge is -2.42. The average Bonchev–Trinajstić information content (AvgIpc) is 3.56. The van der Waals surface area contributed by atoms with E-state index in [0.717, 1.165) is 24.9 Å². The first-order valence-corrected chi connectivity index (χ1v) is 23.8. The van der Waals surface area contributed by atoms with E-state index >= 15 is 8.78 Å². The van der Waals surface area contributed by atoms with Gasteiger partial charge >= 0.3 is 6.03 Å². The van der Waals surface area contributed by atoms with Crippen molar-refractivity contribution in [2.24, 2.45) is 18.9 Å². The number of fused-ring (bicyclic) bond motifs is 3. The van der Waals surface area contributed by atoms with E-state index in [-0.39, 0.29) is 90.5 Å². The number of nitrogens with one attached hydrogen (secondary N) is 2. The predicted molar refractivity (Wildman–Crippen MR) is 247 cm³/mol. The van der Waals surface area contributed by atoms with Crippen LogP contribution in [0.4, 0.5) is 30.8 Å². The van der Waals surface area contributed by atoms with Gasteiger partial charge in [-0.1, -0.05) is 0 Å². The molecule has 68 heavy (non-hydrogen) atoms. The van der Waals surface area contributed by atoms with Gasteiger partial charge in [-0.2, -0.15) is 10.4 Å². The highest BCUT2D eigenvalue weighted by Gasteiger charge is 2.47. The van der Waals surface area contributed by atoms with Crippen molar-refractivity contribution < 1.29 is 37.7 Å². The van der Waals surface area contributed by atoms with Crippen molar-refractivity contribution in [1.29, 1.82) is 5.26 Å². The lowest BCUT2D eigenvalue weighted by Crippen LogP contribution is -2.51. The van der Waals surface area contributed by atoms with Crippen LogP contribution in [0.15, 0.2) is 53.6 Å². The normalized spacial score (nSPS) is 23.3. The number of amides is 4. The molecule has 5 aromatic rings. The van der Waals surface area contributed by atoms with Crippen LogP contribution in [0.5, 0.6) is 11.5 Å². The summed E-state index contributed by atoms with van der Waals surface area (Å²) in [4.78, 5) is 61.4. The molecule has 0 radical (unpaired) electrons. The van der Waals surface area contributed by atoms with Crippen LogP contribution in [-0.2, 0) is 21.4 Å². The molecule has 0 bridgehead atoms. The highest BCUT2D eigenvalue weighted by Crippen LogP contribution is 2.47. The number of likely N-dealkylation sites (tertiary alicyclic amines) is 1. The van der Waals surface area contributed by atoms with Crippen LogP contribution < -0.4 is 30.1 Å². The predicted octanol–water partition coefficient (Wildman–Crippen LogP) is 5.34. The smallest absolute Gasteiger partial charge is 0.329 e. The molecule has 5 saturated heterocycles.